The quantitative estimate of drug-likeness (QED) is 0.871. The average molecular weight is 286 g/mol. The Balaban J connectivity index is 1.48. The lowest BCUT2D eigenvalue weighted by Crippen LogP contribution is -2.30. The molecule has 1 atom stereocenters. The molecule has 1 N–H and O–H groups in total. The van der Waals surface area contributed by atoms with Gasteiger partial charge in [-0.05, 0) is 25.8 Å². The summed E-state index contributed by atoms with van der Waals surface area (Å²) in [4.78, 5) is 11.2. The molecule has 6 nitrogen and oxygen atoms in total. The highest BCUT2D eigenvalue weighted by Gasteiger charge is 2.14. The Kier molecular flexibility index (Phi) is 4.45. The second-order valence-corrected chi connectivity index (χ2v) is 5.60. The van der Waals surface area contributed by atoms with Gasteiger partial charge in [-0.1, -0.05) is 0 Å². The van der Waals surface area contributed by atoms with Crippen LogP contribution < -0.4 is 10.2 Å². The summed E-state index contributed by atoms with van der Waals surface area (Å²) in [6, 6.07) is 2.29. The third kappa shape index (κ3) is 3.78. The van der Waals surface area contributed by atoms with E-state index in [1.54, 1.807) is 6.20 Å². The smallest absolute Gasteiger partial charge is 0.225 e. The predicted molar refractivity (Wildman–Crippen MR) is 82.0 cm³/mol. The third-order valence-electron chi connectivity index (χ3n) is 3.76. The highest BCUT2D eigenvalue weighted by molar-refractivity contribution is 5.30. The predicted octanol–water partition coefficient (Wildman–Crippen LogP) is 1.45. The molecular formula is C15H22N6. The highest BCUT2D eigenvalue weighted by atomic mass is 15.3. The van der Waals surface area contributed by atoms with Crippen molar-refractivity contribution in [2.75, 3.05) is 18.0 Å². The van der Waals surface area contributed by atoms with Crippen LogP contribution in [0.25, 0.3) is 0 Å². The van der Waals surface area contributed by atoms with Gasteiger partial charge in [-0.3, -0.25) is 4.68 Å². The van der Waals surface area contributed by atoms with Crippen molar-refractivity contribution in [1.29, 1.82) is 0 Å². The molecule has 112 valence electrons. The molecule has 3 rings (SSSR count). The van der Waals surface area contributed by atoms with E-state index in [1.807, 2.05) is 29.3 Å². The molecule has 0 amide bonds. The highest BCUT2D eigenvalue weighted by Crippen LogP contribution is 2.14. The summed E-state index contributed by atoms with van der Waals surface area (Å²) in [5.74, 6) is 0.862. The van der Waals surface area contributed by atoms with Crippen LogP contribution in [-0.2, 0) is 13.1 Å². The first kappa shape index (κ1) is 14.0. The SMILES string of the molecule is C[C@@H](Cn1cccn1)NCc1cnc(N2CCCC2)nc1. The minimum absolute atomic E-state index is 0.350. The van der Waals surface area contributed by atoms with E-state index in [2.05, 4.69) is 32.2 Å². The number of anilines is 1. The Morgan fingerprint density at radius 1 is 1.24 bits per heavy atom. The molecule has 1 aliphatic rings. The van der Waals surface area contributed by atoms with Gasteiger partial charge in [0.05, 0.1) is 6.54 Å². The van der Waals surface area contributed by atoms with Gasteiger partial charge in [0.2, 0.25) is 5.95 Å². The Morgan fingerprint density at radius 2 is 2.00 bits per heavy atom. The van der Waals surface area contributed by atoms with Crippen LogP contribution in [0, 0.1) is 0 Å². The second kappa shape index (κ2) is 6.67. The van der Waals surface area contributed by atoms with E-state index in [4.69, 9.17) is 0 Å². The lowest BCUT2D eigenvalue weighted by Gasteiger charge is -2.16. The molecule has 3 heterocycles. The minimum Gasteiger partial charge on any atom is -0.341 e. The first-order chi connectivity index (χ1) is 10.3. The maximum Gasteiger partial charge on any atom is 0.225 e. The van der Waals surface area contributed by atoms with Crippen LogP contribution in [0.4, 0.5) is 5.95 Å². The van der Waals surface area contributed by atoms with E-state index < -0.39 is 0 Å². The number of hydrogen-bond acceptors (Lipinski definition) is 5. The van der Waals surface area contributed by atoms with Gasteiger partial charge >= 0.3 is 0 Å². The molecular weight excluding hydrogens is 264 g/mol. The summed E-state index contributed by atoms with van der Waals surface area (Å²) in [7, 11) is 0. The molecule has 0 saturated carbocycles. The van der Waals surface area contributed by atoms with Crippen molar-refractivity contribution >= 4 is 5.95 Å². The van der Waals surface area contributed by atoms with E-state index >= 15 is 0 Å². The second-order valence-electron chi connectivity index (χ2n) is 5.60. The van der Waals surface area contributed by atoms with Crippen LogP contribution in [0.1, 0.15) is 25.3 Å². The minimum atomic E-state index is 0.350. The fraction of sp³-hybridized carbons (Fsp3) is 0.533. The molecule has 0 spiro atoms. The maximum atomic E-state index is 4.47. The normalized spacial score (nSPS) is 16.3. The number of nitrogens with one attached hydrogen (secondary N) is 1. The van der Waals surface area contributed by atoms with Crippen molar-refractivity contribution in [2.45, 2.75) is 38.9 Å². The summed E-state index contributed by atoms with van der Waals surface area (Å²) in [5, 5.41) is 7.69. The van der Waals surface area contributed by atoms with Gasteiger partial charge in [0.1, 0.15) is 0 Å². The van der Waals surface area contributed by atoms with Crippen LogP contribution in [-0.4, -0.2) is 38.9 Å². The van der Waals surface area contributed by atoms with E-state index in [1.165, 1.54) is 12.8 Å². The van der Waals surface area contributed by atoms with Crippen molar-refractivity contribution in [3.63, 3.8) is 0 Å². The third-order valence-corrected chi connectivity index (χ3v) is 3.76. The molecule has 0 aromatic carbocycles. The van der Waals surface area contributed by atoms with E-state index in [9.17, 15) is 0 Å². The zero-order valence-corrected chi connectivity index (χ0v) is 12.4. The van der Waals surface area contributed by atoms with Crippen LogP contribution in [0.2, 0.25) is 0 Å². The van der Waals surface area contributed by atoms with Gasteiger partial charge in [-0.25, -0.2) is 9.97 Å². The zero-order chi connectivity index (χ0) is 14.5. The number of hydrogen-bond donors (Lipinski definition) is 1. The van der Waals surface area contributed by atoms with E-state index in [0.717, 1.165) is 37.7 Å². The van der Waals surface area contributed by atoms with Crippen LogP contribution >= 0.6 is 0 Å². The topological polar surface area (TPSA) is 58.9 Å². The molecule has 0 radical (unpaired) electrons. The lowest BCUT2D eigenvalue weighted by molar-refractivity contribution is 0.450. The largest absolute Gasteiger partial charge is 0.341 e. The summed E-state index contributed by atoms with van der Waals surface area (Å²) >= 11 is 0. The number of rotatable bonds is 6. The summed E-state index contributed by atoms with van der Waals surface area (Å²) in [5.41, 5.74) is 1.12. The van der Waals surface area contributed by atoms with Crippen molar-refractivity contribution < 1.29 is 0 Å². The molecule has 1 aliphatic heterocycles. The fourth-order valence-corrected chi connectivity index (χ4v) is 2.57. The molecule has 21 heavy (non-hydrogen) atoms. The van der Waals surface area contributed by atoms with Gasteiger partial charge < -0.3 is 10.2 Å². The summed E-state index contributed by atoms with van der Waals surface area (Å²) in [6.45, 7) is 5.96. The average Bonchev–Trinajstić information content (AvgIpc) is 3.19. The van der Waals surface area contributed by atoms with Gasteiger partial charge in [0.25, 0.3) is 0 Å². The molecule has 0 bridgehead atoms. The lowest BCUT2D eigenvalue weighted by atomic mass is 10.3. The maximum absolute atomic E-state index is 4.47. The molecule has 2 aromatic heterocycles. The van der Waals surface area contributed by atoms with Gasteiger partial charge in [-0.2, -0.15) is 5.10 Å². The number of aromatic nitrogens is 4. The van der Waals surface area contributed by atoms with Crippen LogP contribution in [0.3, 0.4) is 0 Å². The van der Waals surface area contributed by atoms with Crippen LogP contribution in [0.5, 0.6) is 0 Å². The molecule has 6 heteroatoms. The summed E-state index contributed by atoms with van der Waals surface area (Å²) < 4.78 is 1.94. The van der Waals surface area contributed by atoms with Gasteiger partial charge in [-0.15, -0.1) is 0 Å². The van der Waals surface area contributed by atoms with Crippen molar-refractivity contribution in [3.8, 4) is 0 Å². The Morgan fingerprint density at radius 3 is 2.67 bits per heavy atom. The van der Waals surface area contributed by atoms with E-state index in [0.29, 0.717) is 6.04 Å². The first-order valence-corrected chi connectivity index (χ1v) is 7.58. The van der Waals surface area contributed by atoms with Crippen molar-refractivity contribution in [1.82, 2.24) is 25.1 Å². The van der Waals surface area contributed by atoms with Crippen molar-refractivity contribution in [3.05, 3.63) is 36.4 Å². The Labute approximate surface area is 125 Å². The summed E-state index contributed by atoms with van der Waals surface area (Å²) in [6.07, 6.45) is 10.1. The molecule has 1 fully saturated rings. The standard InChI is InChI=1S/C15H22N6/c1-13(12-21-8-4-5-19-21)16-9-14-10-17-15(18-11-14)20-6-2-3-7-20/h4-5,8,10-11,13,16H,2-3,6-7,9,12H2,1H3/t13-/m0/s1. The molecule has 1 saturated heterocycles. The first-order valence-electron chi connectivity index (χ1n) is 7.58. The molecule has 0 aliphatic carbocycles. The Bertz CT molecular complexity index is 530. The monoisotopic (exact) mass is 286 g/mol. The van der Waals surface area contributed by atoms with E-state index in [-0.39, 0.29) is 0 Å². The number of nitrogens with zero attached hydrogens (tertiary/aromatic N) is 5. The van der Waals surface area contributed by atoms with Gasteiger partial charge in [0, 0.05) is 56.0 Å². The fourth-order valence-electron chi connectivity index (χ4n) is 2.57. The van der Waals surface area contributed by atoms with Crippen molar-refractivity contribution in [2.24, 2.45) is 0 Å². The Hall–Kier alpha value is -1.95. The van der Waals surface area contributed by atoms with Crippen LogP contribution in [0.15, 0.2) is 30.9 Å². The van der Waals surface area contributed by atoms with Gasteiger partial charge in [0.15, 0.2) is 0 Å². The molecule has 0 unspecified atom stereocenters. The molecule has 2 aromatic rings. The zero-order valence-electron chi connectivity index (χ0n) is 12.4.